The average Bonchev–Trinajstić information content (AvgIpc) is 2.89. The molecule has 6 heteroatoms. The largest absolute Gasteiger partial charge is 0.459 e. The minimum absolute atomic E-state index is 0.181. The van der Waals surface area contributed by atoms with E-state index in [1.807, 2.05) is 0 Å². The average molecular weight is 306 g/mol. The molecule has 2 aliphatic rings. The van der Waals surface area contributed by atoms with Gasteiger partial charge in [-0.3, -0.25) is 4.79 Å². The van der Waals surface area contributed by atoms with Crippen molar-refractivity contribution in [1.29, 1.82) is 0 Å². The van der Waals surface area contributed by atoms with Crippen LogP contribution in [0.15, 0.2) is 30.3 Å². The van der Waals surface area contributed by atoms with Crippen LogP contribution in [0.25, 0.3) is 0 Å². The van der Waals surface area contributed by atoms with Crippen LogP contribution >= 0.6 is 0 Å². The number of Topliss-reactive ketones (excluding diaryl/α,β-unsaturated/α-hetero) is 1. The van der Waals surface area contributed by atoms with E-state index < -0.39 is 29.8 Å². The number of ketones is 1. The van der Waals surface area contributed by atoms with E-state index in [1.54, 1.807) is 51.1 Å². The van der Waals surface area contributed by atoms with E-state index in [1.165, 1.54) is 0 Å². The van der Waals surface area contributed by atoms with E-state index in [2.05, 4.69) is 0 Å². The number of ether oxygens (including phenoxy) is 4. The topological polar surface area (TPSA) is 71.1 Å². The first-order chi connectivity index (χ1) is 10.3. The van der Waals surface area contributed by atoms with Gasteiger partial charge in [-0.05, 0) is 32.9 Å². The van der Waals surface area contributed by atoms with Gasteiger partial charge in [0, 0.05) is 0 Å². The lowest BCUT2D eigenvalue weighted by Crippen LogP contribution is -2.43. The molecule has 2 fully saturated rings. The van der Waals surface area contributed by atoms with Crippen molar-refractivity contribution in [1.82, 2.24) is 0 Å². The summed E-state index contributed by atoms with van der Waals surface area (Å²) in [4.78, 5) is 24.4. The predicted molar refractivity (Wildman–Crippen MR) is 75.0 cm³/mol. The van der Waals surface area contributed by atoms with Crippen LogP contribution in [0.5, 0.6) is 0 Å². The predicted octanol–water partition coefficient (Wildman–Crippen LogP) is 1.68. The smallest absolute Gasteiger partial charge is 0.338 e. The third kappa shape index (κ3) is 2.65. The maximum absolute atomic E-state index is 12.4. The number of esters is 1. The molecule has 0 spiro atoms. The molecule has 0 bridgehead atoms. The summed E-state index contributed by atoms with van der Waals surface area (Å²) in [6, 6.07) is 8.57. The highest BCUT2D eigenvalue weighted by Crippen LogP contribution is 2.39. The highest BCUT2D eigenvalue weighted by molar-refractivity contribution is 5.94. The SMILES string of the molecule is CC1(C)OC2OC(C)(COC(=O)c3ccccc3)C(=O)C2O1. The Morgan fingerprint density at radius 1 is 1.14 bits per heavy atom. The molecule has 0 amide bonds. The molecule has 2 heterocycles. The Hall–Kier alpha value is -1.76. The van der Waals surface area contributed by atoms with Crippen molar-refractivity contribution in [3.8, 4) is 0 Å². The van der Waals surface area contributed by atoms with E-state index >= 15 is 0 Å². The van der Waals surface area contributed by atoms with Crippen molar-refractivity contribution in [3.63, 3.8) is 0 Å². The number of carbonyl (C=O) groups is 2. The summed E-state index contributed by atoms with van der Waals surface area (Å²) >= 11 is 0. The molecule has 6 nitrogen and oxygen atoms in total. The van der Waals surface area contributed by atoms with Crippen molar-refractivity contribution < 1.29 is 28.5 Å². The van der Waals surface area contributed by atoms with Gasteiger partial charge in [-0.1, -0.05) is 18.2 Å². The van der Waals surface area contributed by atoms with E-state index in [-0.39, 0.29) is 12.4 Å². The van der Waals surface area contributed by atoms with Crippen molar-refractivity contribution >= 4 is 11.8 Å². The summed E-state index contributed by atoms with van der Waals surface area (Å²) in [6.45, 7) is 4.83. The highest BCUT2D eigenvalue weighted by atomic mass is 16.8. The molecular formula is C16H18O6. The molecule has 1 aromatic rings. The number of benzene rings is 1. The molecule has 1 aromatic carbocycles. The Labute approximate surface area is 128 Å². The van der Waals surface area contributed by atoms with Crippen LogP contribution in [-0.2, 0) is 23.7 Å². The number of rotatable bonds is 3. The molecular weight excluding hydrogens is 288 g/mol. The van der Waals surface area contributed by atoms with Crippen LogP contribution < -0.4 is 0 Å². The lowest BCUT2D eigenvalue weighted by molar-refractivity contribution is -0.224. The molecule has 3 atom stereocenters. The number of hydrogen-bond donors (Lipinski definition) is 0. The van der Waals surface area contributed by atoms with Gasteiger partial charge >= 0.3 is 5.97 Å². The molecule has 0 saturated carbocycles. The summed E-state index contributed by atoms with van der Waals surface area (Å²) in [5, 5.41) is 0. The van der Waals surface area contributed by atoms with Crippen LogP contribution in [0.3, 0.4) is 0 Å². The Bertz CT molecular complexity index is 596. The summed E-state index contributed by atoms with van der Waals surface area (Å²) in [5.41, 5.74) is -0.832. The minimum Gasteiger partial charge on any atom is -0.459 e. The minimum atomic E-state index is -1.25. The molecule has 3 unspecified atom stereocenters. The second-order valence-corrected chi connectivity index (χ2v) is 6.08. The second kappa shape index (κ2) is 5.15. The van der Waals surface area contributed by atoms with Crippen LogP contribution in [-0.4, -0.2) is 42.1 Å². The Morgan fingerprint density at radius 2 is 1.82 bits per heavy atom. The van der Waals surface area contributed by atoms with E-state index in [0.717, 1.165) is 0 Å². The summed E-state index contributed by atoms with van der Waals surface area (Å²) in [6.07, 6.45) is -1.54. The third-order valence-corrected chi connectivity index (χ3v) is 3.70. The van der Waals surface area contributed by atoms with Crippen LogP contribution in [0, 0.1) is 0 Å². The normalized spacial score (nSPS) is 32.8. The van der Waals surface area contributed by atoms with Gasteiger partial charge in [0.1, 0.15) is 6.61 Å². The van der Waals surface area contributed by atoms with Gasteiger partial charge in [-0.15, -0.1) is 0 Å². The maximum atomic E-state index is 12.4. The fraction of sp³-hybridized carbons (Fsp3) is 0.500. The molecule has 0 N–H and O–H groups in total. The number of hydrogen-bond acceptors (Lipinski definition) is 6. The first kappa shape index (κ1) is 15.1. The van der Waals surface area contributed by atoms with Crippen molar-refractivity contribution in [2.24, 2.45) is 0 Å². The standard InChI is InChI=1S/C16H18O6/c1-15(2)20-11-12(17)16(3,22-14(11)21-15)9-19-13(18)10-7-5-4-6-8-10/h4-8,11,14H,9H2,1-3H3. The lowest BCUT2D eigenvalue weighted by Gasteiger charge is -2.25. The first-order valence-corrected chi connectivity index (χ1v) is 7.11. The van der Waals surface area contributed by atoms with Crippen LogP contribution in [0.1, 0.15) is 31.1 Å². The zero-order valence-corrected chi connectivity index (χ0v) is 12.7. The Balaban J connectivity index is 1.64. The van der Waals surface area contributed by atoms with Crippen LogP contribution in [0.4, 0.5) is 0 Å². The summed E-state index contributed by atoms with van der Waals surface area (Å²) < 4.78 is 21.9. The van der Waals surface area contributed by atoms with Gasteiger partial charge in [-0.2, -0.15) is 0 Å². The van der Waals surface area contributed by atoms with Gasteiger partial charge < -0.3 is 18.9 Å². The molecule has 0 aromatic heterocycles. The first-order valence-electron chi connectivity index (χ1n) is 7.11. The van der Waals surface area contributed by atoms with Crippen LogP contribution in [0.2, 0.25) is 0 Å². The lowest BCUT2D eigenvalue weighted by atomic mass is 10.0. The van der Waals surface area contributed by atoms with Gasteiger partial charge in [0.15, 0.2) is 23.8 Å². The van der Waals surface area contributed by atoms with Gasteiger partial charge in [0.25, 0.3) is 0 Å². The number of fused-ring (bicyclic) bond motifs is 1. The third-order valence-electron chi connectivity index (χ3n) is 3.70. The molecule has 3 rings (SSSR count). The molecule has 2 saturated heterocycles. The molecule has 2 aliphatic heterocycles. The number of carbonyl (C=O) groups excluding carboxylic acids is 2. The summed E-state index contributed by atoms with van der Waals surface area (Å²) in [7, 11) is 0. The fourth-order valence-corrected chi connectivity index (χ4v) is 2.57. The molecule has 0 aliphatic carbocycles. The Morgan fingerprint density at radius 3 is 2.45 bits per heavy atom. The highest BCUT2D eigenvalue weighted by Gasteiger charge is 2.60. The van der Waals surface area contributed by atoms with Gasteiger partial charge in [-0.25, -0.2) is 4.79 Å². The van der Waals surface area contributed by atoms with Gasteiger partial charge in [0.05, 0.1) is 5.56 Å². The van der Waals surface area contributed by atoms with E-state index in [4.69, 9.17) is 18.9 Å². The fourth-order valence-electron chi connectivity index (χ4n) is 2.57. The molecule has 22 heavy (non-hydrogen) atoms. The molecule has 0 radical (unpaired) electrons. The maximum Gasteiger partial charge on any atom is 0.338 e. The van der Waals surface area contributed by atoms with E-state index in [0.29, 0.717) is 5.56 Å². The monoisotopic (exact) mass is 306 g/mol. The van der Waals surface area contributed by atoms with Crippen molar-refractivity contribution in [2.75, 3.05) is 6.61 Å². The van der Waals surface area contributed by atoms with E-state index in [9.17, 15) is 9.59 Å². The van der Waals surface area contributed by atoms with Gasteiger partial charge in [0.2, 0.25) is 5.78 Å². The second-order valence-electron chi connectivity index (χ2n) is 6.08. The molecule has 118 valence electrons. The zero-order chi connectivity index (χ0) is 16.0. The van der Waals surface area contributed by atoms with Crippen molar-refractivity contribution in [3.05, 3.63) is 35.9 Å². The quantitative estimate of drug-likeness (QED) is 0.791. The van der Waals surface area contributed by atoms with Crippen molar-refractivity contribution in [2.45, 2.75) is 44.6 Å². The summed E-state index contributed by atoms with van der Waals surface area (Å²) in [5.74, 6) is -1.63. The Kier molecular flexibility index (Phi) is 3.55. The zero-order valence-electron chi connectivity index (χ0n) is 12.7.